The lowest BCUT2D eigenvalue weighted by atomic mass is 10.1. The Labute approximate surface area is 225 Å². The maximum absolute atomic E-state index is 6.04. The van der Waals surface area contributed by atoms with Crippen LogP contribution in [-0.4, -0.2) is 29.5 Å². The lowest BCUT2D eigenvalue weighted by molar-refractivity contribution is 0.854. The zero-order valence-corrected chi connectivity index (χ0v) is 21.4. The van der Waals surface area contributed by atoms with Gasteiger partial charge in [0, 0.05) is 24.4 Å². The molecule has 0 radical (unpaired) electrons. The van der Waals surface area contributed by atoms with Gasteiger partial charge in [-0.05, 0) is 36.2 Å². The van der Waals surface area contributed by atoms with Crippen molar-refractivity contribution in [3.8, 4) is 17.1 Å². The molecule has 9 nitrogen and oxygen atoms in total. The standard InChI is InChI=1S/C30H27N9/c1-20(22-10-6-3-7-11-22)35-30-32-15-14-28(38-30)39-19-34-25-16-23(12-13-26(25)39)24-17-27(37-29(31)36-24)33-18-21-8-4-2-5-9-21/h2-17,19-20H,18H2,1H3,(H,32,35,38)(H3,31,33,36,37). The van der Waals surface area contributed by atoms with Crippen LogP contribution in [0.3, 0.4) is 0 Å². The number of nitrogen functional groups attached to an aromatic ring is 1. The first kappa shape index (κ1) is 24.1. The van der Waals surface area contributed by atoms with Crippen LogP contribution in [0, 0.1) is 0 Å². The molecular weight excluding hydrogens is 486 g/mol. The highest BCUT2D eigenvalue weighted by Gasteiger charge is 2.12. The second-order valence-electron chi connectivity index (χ2n) is 9.17. The minimum Gasteiger partial charge on any atom is -0.368 e. The third-order valence-corrected chi connectivity index (χ3v) is 6.44. The number of benzene rings is 3. The van der Waals surface area contributed by atoms with Crippen LogP contribution >= 0.6 is 0 Å². The Hall–Kier alpha value is -5.31. The van der Waals surface area contributed by atoms with Gasteiger partial charge in [0.25, 0.3) is 0 Å². The summed E-state index contributed by atoms with van der Waals surface area (Å²) >= 11 is 0. The average molecular weight is 514 g/mol. The van der Waals surface area contributed by atoms with Gasteiger partial charge >= 0.3 is 0 Å². The SMILES string of the molecule is CC(Nc1nccc(-n2cnc3cc(-c4cc(NCc5ccccc5)nc(N)n4)ccc32)n1)c1ccccc1. The summed E-state index contributed by atoms with van der Waals surface area (Å²) in [6.07, 6.45) is 3.51. The Kier molecular flexibility index (Phi) is 6.53. The normalized spacial score (nSPS) is 11.8. The second-order valence-corrected chi connectivity index (χ2v) is 9.17. The summed E-state index contributed by atoms with van der Waals surface area (Å²) in [6.45, 7) is 2.72. The van der Waals surface area contributed by atoms with Crippen molar-refractivity contribution in [1.82, 2.24) is 29.5 Å². The lowest BCUT2D eigenvalue weighted by Gasteiger charge is -2.14. The van der Waals surface area contributed by atoms with Gasteiger partial charge in [0.15, 0.2) is 0 Å². The summed E-state index contributed by atoms with van der Waals surface area (Å²) in [4.78, 5) is 22.6. The van der Waals surface area contributed by atoms with E-state index in [1.54, 1.807) is 12.5 Å². The molecule has 9 heteroatoms. The Bertz CT molecular complexity index is 1720. The van der Waals surface area contributed by atoms with E-state index in [2.05, 4.69) is 61.8 Å². The molecular formula is C30H27N9. The Balaban J connectivity index is 1.24. The quantitative estimate of drug-likeness (QED) is 0.239. The molecule has 3 heterocycles. The molecule has 1 atom stereocenters. The molecule has 3 aromatic carbocycles. The highest BCUT2D eigenvalue weighted by atomic mass is 15.2. The molecule has 0 bridgehead atoms. The van der Waals surface area contributed by atoms with Crippen LogP contribution in [0.1, 0.15) is 24.1 Å². The number of imidazole rings is 1. The fourth-order valence-corrected chi connectivity index (χ4v) is 4.42. The zero-order chi connectivity index (χ0) is 26.6. The predicted molar refractivity (Wildman–Crippen MR) is 154 cm³/mol. The summed E-state index contributed by atoms with van der Waals surface area (Å²) in [5, 5.41) is 6.72. The smallest absolute Gasteiger partial charge is 0.225 e. The molecule has 0 saturated carbocycles. The number of hydrogen-bond donors (Lipinski definition) is 3. The van der Waals surface area contributed by atoms with Crippen molar-refractivity contribution in [2.75, 3.05) is 16.4 Å². The molecule has 1 unspecified atom stereocenters. The van der Waals surface area contributed by atoms with Crippen molar-refractivity contribution in [3.63, 3.8) is 0 Å². The van der Waals surface area contributed by atoms with E-state index >= 15 is 0 Å². The van der Waals surface area contributed by atoms with Gasteiger partial charge in [-0.1, -0.05) is 66.7 Å². The number of aromatic nitrogens is 6. The molecule has 6 aromatic rings. The number of nitrogens with one attached hydrogen (secondary N) is 2. The summed E-state index contributed by atoms with van der Waals surface area (Å²) in [6, 6.07) is 30.2. The van der Waals surface area contributed by atoms with Crippen LogP contribution in [0.15, 0.2) is 104 Å². The number of fused-ring (bicyclic) bond motifs is 1. The average Bonchev–Trinajstić information content (AvgIpc) is 3.40. The number of hydrogen-bond acceptors (Lipinski definition) is 8. The summed E-state index contributed by atoms with van der Waals surface area (Å²) < 4.78 is 1.94. The van der Waals surface area contributed by atoms with E-state index in [-0.39, 0.29) is 12.0 Å². The van der Waals surface area contributed by atoms with Crippen LogP contribution in [0.4, 0.5) is 17.7 Å². The highest BCUT2D eigenvalue weighted by molar-refractivity contribution is 5.83. The molecule has 4 N–H and O–H groups in total. The third kappa shape index (κ3) is 5.37. The maximum atomic E-state index is 6.04. The highest BCUT2D eigenvalue weighted by Crippen LogP contribution is 2.26. The molecule has 0 amide bonds. The number of nitrogens with two attached hydrogens (primary N) is 1. The third-order valence-electron chi connectivity index (χ3n) is 6.44. The molecule has 39 heavy (non-hydrogen) atoms. The topological polar surface area (TPSA) is 119 Å². The Morgan fingerprint density at radius 3 is 2.46 bits per heavy atom. The predicted octanol–water partition coefficient (Wildman–Crippen LogP) is 5.64. The van der Waals surface area contributed by atoms with E-state index in [4.69, 9.17) is 10.7 Å². The van der Waals surface area contributed by atoms with Crippen LogP contribution in [-0.2, 0) is 6.54 Å². The summed E-state index contributed by atoms with van der Waals surface area (Å²) in [5.74, 6) is 2.15. The van der Waals surface area contributed by atoms with Crippen molar-refractivity contribution < 1.29 is 0 Å². The Morgan fingerprint density at radius 1 is 0.846 bits per heavy atom. The molecule has 0 aliphatic carbocycles. The molecule has 0 saturated heterocycles. The minimum atomic E-state index is 0.0657. The minimum absolute atomic E-state index is 0.0657. The Morgan fingerprint density at radius 2 is 1.64 bits per heavy atom. The van der Waals surface area contributed by atoms with Crippen LogP contribution in [0.2, 0.25) is 0 Å². The monoisotopic (exact) mass is 513 g/mol. The summed E-state index contributed by atoms with van der Waals surface area (Å²) in [5.41, 5.74) is 11.7. The van der Waals surface area contributed by atoms with Crippen molar-refractivity contribution in [2.24, 2.45) is 0 Å². The zero-order valence-electron chi connectivity index (χ0n) is 21.4. The van der Waals surface area contributed by atoms with Gasteiger partial charge in [-0.15, -0.1) is 0 Å². The second kappa shape index (κ2) is 10.6. The van der Waals surface area contributed by atoms with Crippen LogP contribution in [0.25, 0.3) is 28.1 Å². The van der Waals surface area contributed by atoms with Crippen molar-refractivity contribution >= 4 is 28.7 Å². The number of rotatable bonds is 8. The molecule has 6 rings (SSSR count). The molecule has 0 aliphatic rings. The van der Waals surface area contributed by atoms with Crippen LogP contribution in [0.5, 0.6) is 0 Å². The molecule has 0 fully saturated rings. The van der Waals surface area contributed by atoms with E-state index < -0.39 is 0 Å². The fourth-order valence-electron chi connectivity index (χ4n) is 4.42. The molecule has 192 valence electrons. The first-order valence-corrected chi connectivity index (χ1v) is 12.7. The van der Waals surface area contributed by atoms with Gasteiger partial charge in [0.05, 0.1) is 22.8 Å². The first-order chi connectivity index (χ1) is 19.1. The number of anilines is 3. The van der Waals surface area contributed by atoms with Crippen molar-refractivity contribution in [1.29, 1.82) is 0 Å². The largest absolute Gasteiger partial charge is 0.368 e. The van der Waals surface area contributed by atoms with E-state index in [0.29, 0.717) is 18.3 Å². The number of nitrogens with zero attached hydrogens (tertiary/aromatic N) is 6. The molecule has 0 aliphatic heterocycles. The van der Waals surface area contributed by atoms with Gasteiger partial charge in [-0.2, -0.15) is 9.97 Å². The molecule has 0 spiro atoms. The van der Waals surface area contributed by atoms with Gasteiger partial charge in [0.1, 0.15) is 18.0 Å². The first-order valence-electron chi connectivity index (χ1n) is 12.7. The van der Waals surface area contributed by atoms with E-state index in [9.17, 15) is 0 Å². The van der Waals surface area contributed by atoms with Crippen molar-refractivity contribution in [3.05, 3.63) is 115 Å². The summed E-state index contributed by atoms with van der Waals surface area (Å²) in [7, 11) is 0. The van der Waals surface area contributed by atoms with Gasteiger partial charge < -0.3 is 16.4 Å². The maximum Gasteiger partial charge on any atom is 0.225 e. The fraction of sp³-hybridized carbons (Fsp3) is 0.100. The van der Waals surface area contributed by atoms with Crippen LogP contribution < -0.4 is 16.4 Å². The van der Waals surface area contributed by atoms with E-state index in [1.807, 2.05) is 71.3 Å². The van der Waals surface area contributed by atoms with E-state index in [1.165, 1.54) is 0 Å². The van der Waals surface area contributed by atoms with Gasteiger partial charge in [0.2, 0.25) is 11.9 Å². The van der Waals surface area contributed by atoms with Gasteiger partial charge in [-0.3, -0.25) is 4.57 Å². The van der Waals surface area contributed by atoms with Gasteiger partial charge in [-0.25, -0.2) is 15.0 Å². The van der Waals surface area contributed by atoms with Crippen molar-refractivity contribution in [2.45, 2.75) is 19.5 Å². The molecule has 3 aromatic heterocycles. The lowest BCUT2D eigenvalue weighted by Crippen LogP contribution is -2.10. The van der Waals surface area contributed by atoms with E-state index in [0.717, 1.165) is 39.2 Å².